The number of hydrogen-bond donors (Lipinski definition) is 2. The van der Waals surface area contributed by atoms with E-state index in [9.17, 15) is 9.59 Å². The molecule has 0 saturated carbocycles. The molecule has 0 radical (unpaired) electrons. The van der Waals surface area contributed by atoms with Gasteiger partial charge in [-0.2, -0.15) is 0 Å². The Morgan fingerprint density at radius 1 is 1.21 bits per heavy atom. The van der Waals surface area contributed by atoms with Gasteiger partial charge in [-0.3, -0.25) is 4.79 Å². The summed E-state index contributed by atoms with van der Waals surface area (Å²) >= 11 is 1.61. The van der Waals surface area contributed by atoms with Crippen molar-refractivity contribution in [2.45, 2.75) is 25.7 Å². The molecule has 1 amide bonds. The standard InChI is InChI=1S/C18H19NO4S/c20-17(21)11-23-14-6-4-12(5-7-14)8-9-19-18(22)16-10-13-2-1-3-15(13)24-16/h4-7,10H,1-3,8-9,11H2,(H,19,22)(H,20,21). The number of aryl methyl sites for hydroxylation is 2. The first kappa shape index (κ1) is 16.5. The molecule has 0 saturated heterocycles. The van der Waals surface area contributed by atoms with Gasteiger partial charge in [-0.05, 0) is 55.0 Å². The van der Waals surface area contributed by atoms with Crippen LogP contribution in [0.25, 0.3) is 0 Å². The molecule has 0 bridgehead atoms. The molecule has 2 aromatic rings. The topological polar surface area (TPSA) is 75.6 Å². The van der Waals surface area contributed by atoms with Crippen LogP contribution in [0.5, 0.6) is 5.75 Å². The number of hydrogen-bond acceptors (Lipinski definition) is 4. The summed E-state index contributed by atoms with van der Waals surface area (Å²) in [6, 6.07) is 9.26. The van der Waals surface area contributed by atoms with Crippen molar-refractivity contribution in [1.29, 1.82) is 0 Å². The molecule has 1 aromatic carbocycles. The summed E-state index contributed by atoms with van der Waals surface area (Å²) in [7, 11) is 0. The van der Waals surface area contributed by atoms with Gasteiger partial charge in [-0.25, -0.2) is 4.79 Å². The van der Waals surface area contributed by atoms with Crippen LogP contribution >= 0.6 is 11.3 Å². The van der Waals surface area contributed by atoms with E-state index in [1.54, 1.807) is 23.5 Å². The lowest BCUT2D eigenvalue weighted by Gasteiger charge is -2.06. The second-order valence-electron chi connectivity index (χ2n) is 5.74. The van der Waals surface area contributed by atoms with Crippen LogP contribution < -0.4 is 10.1 Å². The highest BCUT2D eigenvalue weighted by Crippen LogP contribution is 2.30. The molecular formula is C18H19NO4S. The Balaban J connectivity index is 1.45. The molecule has 0 spiro atoms. The minimum absolute atomic E-state index is 0.00388. The fourth-order valence-electron chi connectivity index (χ4n) is 2.75. The van der Waals surface area contributed by atoms with Crippen molar-refractivity contribution in [2.24, 2.45) is 0 Å². The van der Waals surface area contributed by atoms with Crippen molar-refractivity contribution < 1.29 is 19.4 Å². The monoisotopic (exact) mass is 345 g/mol. The number of ether oxygens (including phenoxy) is 1. The molecule has 0 aliphatic heterocycles. The van der Waals surface area contributed by atoms with Gasteiger partial charge in [0.1, 0.15) is 5.75 Å². The van der Waals surface area contributed by atoms with E-state index in [4.69, 9.17) is 9.84 Å². The predicted octanol–water partition coefficient (Wildman–Crippen LogP) is 2.67. The van der Waals surface area contributed by atoms with Gasteiger partial charge < -0.3 is 15.2 Å². The number of carboxylic acid groups (broad SMARTS) is 1. The van der Waals surface area contributed by atoms with E-state index in [1.807, 2.05) is 18.2 Å². The lowest BCUT2D eigenvalue weighted by Crippen LogP contribution is -2.24. The minimum atomic E-state index is -0.999. The Hall–Kier alpha value is -2.34. The van der Waals surface area contributed by atoms with Crippen LogP contribution in [0, 0.1) is 0 Å². The van der Waals surface area contributed by atoms with Gasteiger partial charge in [-0.1, -0.05) is 12.1 Å². The highest BCUT2D eigenvalue weighted by atomic mass is 32.1. The third-order valence-electron chi connectivity index (χ3n) is 3.96. The average Bonchev–Trinajstić information content (AvgIpc) is 3.15. The second kappa shape index (κ2) is 7.49. The third kappa shape index (κ3) is 4.14. The van der Waals surface area contributed by atoms with Crippen molar-refractivity contribution in [2.75, 3.05) is 13.2 Å². The van der Waals surface area contributed by atoms with Crippen molar-refractivity contribution >= 4 is 23.2 Å². The fourth-order valence-corrected chi connectivity index (χ4v) is 3.92. The van der Waals surface area contributed by atoms with Gasteiger partial charge in [0.15, 0.2) is 6.61 Å². The first-order chi connectivity index (χ1) is 11.6. The molecule has 1 aliphatic carbocycles. The van der Waals surface area contributed by atoms with Crippen LogP contribution in [-0.4, -0.2) is 30.1 Å². The number of rotatable bonds is 7. The van der Waals surface area contributed by atoms with Gasteiger partial charge in [0, 0.05) is 11.4 Å². The summed E-state index contributed by atoms with van der Waals surface area (Å²) in [4.78, 5) is 24.8. The number of thiophene rings is 1. The molecule has 0 fully saturated rings. The average molecular weight is 345 g/mol. The SMILES string of the molecule is O=C(O)COc1ccc(CCNC(=O)c2cc3c(s2)CCC3)cc1. The second-order valence-corrected chi connectivity index (χ2v) is 6.88. The van der Waals surface area contributed by atoms with Crippen molar-refractivity contribution in [3.05, 3.63) is 51.2 Å². The molecule has 1 aromatic heterocycles. The normalized spacial score (nSPS) is 12.7. The van der Waals surface area contributed by atoms with Crippen LogP contribution in [-0.2, 0) is 24.1 Å². The maximum atomic E-state index is 12.2. The van der Waals surface area contributed by atoms with Crippen LogP contribution in [0.4, 0.5) is 0 Å². The summed E-state index contributed by atoms with van der Waals surface area (Å²) in [5, 5.41) is 11.5. The molecule has 3 rings (SSSR count). The minimum Gasteiger partial charge on any atom is -0.482 e. The Morgan fingerprint density at radius 3 is 2.71 bits per heavy atom. The summed E-state index contributed by atoms with van der Waals surface area (Å²) in [5.74, 6) is -0.476. The van der Waals surface area contributed by atoms with Gasteiger partial charge in [0.05, 0.1) is 4.88 Å². The van der Waals surface area contributed by atoms with E-state index < -0.39 is 5.97 Å². The fraction of sp³-hybridized carbons (Fsp3) is 0.333. The number of nitrogens with one attached hydrogen (secondary N) is 1. The van der Waals surface area contributed by atoms with Gasteiger partial charge in [-0.15, -0.1) is 11.3 Å². The molecule has 0 unspecified atom stereocenters. The summed E-state index contributed by atoms with van der Waals surface area (Å²) in [5.41, 5.74) is 2.40. The van der Waals surface area contributed by atoms with E-state index >= 15 is 0 Å². The Kier molecular flexibility index (Phi) is 5.15. The number of aliphatic carboxylic acids is 1. The number of benzene rings is 1. The lowest BCUT2D eigenvalue weighted by atomic mass is 10.1. The van der Waals surface area contributed by atoms with Crippen LogP contribution in [0.3, 0.4) is 0 Å². The van der Waals surface area contributed by atoms with Gasteiger partial charge in [0.25, 0.3) is 5.91 Å². The number of carbonyl (C=O) groups is 2. The Bertz CT molecular complexity index is 714. The molecule has 5 nitrogen and oxygen atoms in total. The zero-order valence-corrected chi connectivity index (χ0v) is 14.0. The van der Waals surface area contributed by atoms with E-state index in [-0.39, 0.29) is 12.5 Å². The number of amides is 1. The Labute approximate surface area is 144 Å². The largest absolute Gasteiger partial charge is 0.482 e. The quantitative estimate of drug-likeness (QED) is 0.809. The van der Waals surface area contributed by atoms with Crippen LogP contribution in [0.2, 0.25) is 0 Å². The van der Waals surface area contributed by atoms with Crippen molar-refractivity contribution in [1.82, 2.24) is 5.32 Å². The maximum Gasteiger partial charge on any atom is 0.341 e. The smallest absolute Gasteiger partial charge is 0.341 e. The zero-order chi connectivity index (χ0) is 16.9. The van der Waals surface area contributed by atoms with E-state index in [1.165, 1.54) is 16.9 Å². The number of carbonyl (C=O) groups excluding carboxylic acids is 1. The summed E-state index contributed by atoms with van der Waals surface area (Å²) < 4.78 is 5.08. The molecule has 126 valence electrons. The molecule has 1 aliphatic rings. The third-order valence-corrected chi connectivity index (χ3v) is 5.19. The maximum absolute atomic E-state index is 12.2. The molecule has 6 heteroatoms. The van der Waals surface area contributed by atoms with Crippen LogP contribution in [0.1, 0.15) is 32.1 Å². The highest BCUT2D eigenvalue weighted by molar-refractivity contribution is 7.14. The summed E-state index contributed by atoms with van der Waals surface area (Å²) in [6.07, 6.45) is 4.12. The number of fused-ring (bicyclic) bond motifs is 1. The summed E-state index contributed by atoms with van der Waals surface area (Å²) in [6.45, 7) is 0.219. The van der Waals surface area contributed by atoms with Crippen LogP contribution in [0.15, 0.2) is 30.3 Å². The lowest BCUT2D eigenvalue weighted by molar-refractivity contribution is -0.139. The van der Waals surface area contributed by atoms with Gasteiger partial charge in [0.2, 0.25) is 0 Å². The first-order valence-corrected chi connectivity index (χ1v) is 8.77. The molecule has 24 heavy (non-hydrogen) atoms. The van der Waals surface area contributed by atoms with Gasteiger partial charge >= 0.3 is 5.97 Å². The highest BCUT2D eigenvalue weighted by Gasteiger charge is 2.18. The Morgan fingerprint density at radius 2 is 2.00 bits per heavy atom. The van der Waals surface area contributed by atoms with E-state index in [2.05, 4.69) is 5.32 Å². The van der Waals surface area contributed by atoms with E-state index in [0.29, 0.717) is 12.3 Å². The molecular weight excluding hydrogens is 326 g/mol. The molecule has 2 N–H and O–H groups in total. The first-order valence-electron chi connectivity index (χ1n) is 7.95. The zero-order valence-electron chi connectivity index (χ0n) is 13.2. The van der Waals surface area contributed by atoms with E-state index in [0.717, 1.165) is 29.7 Å². The predicted molar refractivity (Wildman–Crippen MR) is 92.0 cm³/mol. The van der Waals surface area contributed by atoms with Crippen molar-refractivity contribution in [3.8, 4) is 5.75 Å². The molecule has 0 atom stereocenters. The van der Waals surface area contributed by atoms with Crippen molar-refractivity contribution in [3.63, 3.8) is 0 Å². The molecule has 1 heterocycles. The number of carboxylic acids is 1.